The van der Waals surface area contributed by atoms with Gasteiger partial charge in [-0.15, -0.1) is 0 Å². The summed E-state index contributed by atoms with van der Waals surface area (Å²) in [6.45, 7) is 2.34. The topological polar surface area (TPSA) is 0 Å². The molecule has 0 aliphatic carbocycles. The summed E-state index contributed by atoms with van der Waals surface area (Å²) < 4.78 is 0. The fraction of sp³-hybridized carbons (Fsp3) is 0.250. The van der Waals surface area contributed by atoms with Crippen LogP contribution < -0.4 is 0 Å². The molecule has 0 saturated carbocycles. The second-order valence-corrected chi connectivity index (χ2v) is 11.1. The van der Waals surface area contributed by atoms with Crippen molar-refractivity contribution in [2.75, 3.05) is 6.16 Å². The first kappa shape index (κ1) is 17.9. The molecule has 0 amide bonds. The lowest BCUT2D eigenvalue weighted by Gasteiger charge is -2.28. The summed E-state index contributed by atoms with van der Waals surface area (Å²) in [5.41, 5.74) is 4.49. The highest BCUT2D eigenvalue weighted by molar-refractivity contribution is 7.73. The van der Waals surface area contributed by atoms with E-state index in [1.807, 2.05) is 0 Å². The third-order valence-electron chi connectivity index (χ3n) is 4.78. The molecule has 0 nitrogen and oxygen atoms in total. The lowest BCUT2D eigenvalue weighted by atomic mass is 10.2. The Hall–Kier alpha value is -1.91. The molecule has 0 N–H and O–H groups in total. The van der Waals surface area contributed by atoms with Crippen LogP contribution in [0.3, 0.4) is 0 Å². The van der Waals surface area contributed by atoms with Crippen LogP contribution >= 0.6 is 7.26 Å². The van der Waals surface area contributed by atoms with Crippen LogP contribution in [-0.2, 0) is 18.5 Å². The second kappa shape index (κ2) is 8.97. The van der Waals surface area contributed by atoms with Crippen molar-refractivity contribution >= 4 is 7.26 Å². The summed E-state index contributed by atoms with van der Waals surface area (Å²) >= 11 is 0. The highest BCUT2D eigenvalue weighted by Crippen LogP contribution is 2.66. The Kier molecular flexibility index (Phi) is 6.42. The highest BCUT2D eigenvalue weighted by Gasteiger charge is 2.37. The van der Waals surface area contributed by atoms with Gasteiger partial charge in [0.05, 0.1) is 24.6 Å². The molecule has 0 spiro atoms. The molecular weight excluding hydrogens is 319 g/mol. The molecule has 3 aromatic carbocycles. The summed E-state index contributed by atoms with van der Waals surface area (Å²) in [5.74, 6) is 0. The molecular formula is C24H28P+. The van der Waals surface area contributed by atoms with E-state index in [2.05, 4.69) is 97.9 Å². The van der Waals surface area contributed by atoms with Crippen LogP contribution in [0.15, 0.2) is 91.0 Å². The number of hydrogen-bond donors (Lipinski definition) is 0. The van der Waals surface area contributed by atoms with Crippen molar-refractivity contribution in [3.05, 3.63) is 108 Å². The van der Waals surface area contributed by atoms with Crippen LogP contribution in [0.5, 0.6) is 0 Å². The zero-order valence-electron chi connectivity index (χ0n) is 15.1. The summed E-state index contributed by atoms with van der Waals surface area (Å²) in [7, 11) is -1.16. The lowest BCUT2D eigenvalue weighted by molar-refractivity contribution is 1.05. The van der Waals surface area contributed by atoms with E-state index in [-0.39, 0.29) is 0 Å². The van der Waals surface area contributed by atoms with Crippen molar-refractivity contribution in [3.63, 3.8) is 0 Å². The van der Waals surface area contributed by atoms with Gasteiger partial charge in [-0.05, 0) is 23.1 Å². The standard InChI is InChI=1S/C24H28P/c1-2-18-25(19-22-12-6-3-7-13-22,20-23-14-8-4-9-15-23)21-24-16-10-5-11-17-24/h3-17H,2,18-21H2,1H3/q+1. The van der Waals surface area contributed by atoms with Gasteiger partial charge in [-0.3, -0.25) is 0 Å². The van der Waals surface area contributed by atoms with Gasteiger partial charge in [-0.1, -0.05) is 97.9 Å². The monoisotopic (exact) mass is 347 g/mol. The van der Waals surface area contributed by atoms with Crippen LogP contribution in [0.1, 0.15) is 30.0 Å². The Labute approximate surface area is 153 Å². The van der Waals surface area contributed by atoms with E-state index in [0.717, 1.165) is 0 Å². The molecule has 1 heteroatoms. The van der Waals surface area contributed by atoms with Gasteiger partial charge in [0, 0.05) is 7.26 Å². The third-order valence-corrected chi connectivity index (χ3v) is 9.28. The fourth-order valence-electron chi connectivity index (χ4n) is 3.79. The molecule has 0 atom stereocenters. The van der Waals surface area contributed by atoms with Crippen LogP contribution in [0.2, 0.25) is 0 Å². The second-order valence-electron chi connectivity index (χ2n) is 7.00. The minimum atomic E-state index is -1.16. The predicted octanol–water partition coefficient (Wildman–Crippen LogP) is 7.01. The third kappa shape index (κ3) is 5.28. The van der Waals surface area contributed by atoms with Crippen molar-refractivity contribution in [3.8, 4) is 0 Å². The molecule has 0 fully saturated rings. The maximum Gasteiger partial charge on any atom is 0.0849 e. The zero-order chi connectivity index (χ0) is 17.4. The van der Waals surface area contributed by atoms with E-state index in [9.17, 15) is 0 Å². The molecule has 0 heterocycles. The molecule has 0 aliphatic rings. The van der Waals surface area contributed by atoms with Crippen molar-refractivity contribution in [1.29, 1.82) is 0 Å². The Morgan fingerprint density at radius 1 is 0.520 bits per heavy atom. The van der Waals surface area contributed by atoms with Gasteiger partial charge in [0.2, 0.25) is 0 Å². The molecule has 128 valence electrons. The quantitative estimate of drug-likeness (QED) is 0.384. The van der Waals surface area contributed by atoms with E-state index in [1.165, 1.54) is 47.8 Å². The van der Waals surface area contributed by atoms with E-state index in [0.29, 0.717) is 0 Å². The Bertz CT molecular complexity index is 633. The van der Waals surface area contributed by atoms with E-state index in [1.54, 1.807) is 0 Å². The number of rotatable bonds is 8. The number of benzene rings is 3. The molecule has 0 radical (unpaired) electrons. The molecule has 0 aromatic heterocycles. The summed E-state index contributed by atoms with van der Waals surface area (Å²) in [5, 5.41) is 0. The molecule has 0 bridgehead atoms. The van der Waals surface area contributed by atoms with Crippen LogP contribution in [0.4, 0.5) is 0 Å². The van der Waals surface area contributed by atoms with Crippen LogP contribution in [0.25, 0.3) is 0 Å². The molecule has 0 aliphatic heterocycles. The summed E-state index contributed by atoms with van der Waals surface area (Å²) in [4.78, 5) is 0. The first-order valence-corrected chi connectivity index (χ1v) is 11.8. The molecule has 25 heavy (non-hydrogen) atoms. The van der Waals surface area contributed by atoms with Crippen LogP contribution in [-0.4, -0.2) is 6.16 Å². The van der Waals surface area contributed by atoms with Crippen molar-refractivity contribution < 1.29 is 0 Å². The van der Waals surface area contributed by atoms with Crippen LogP contribution in [0, 0.1) is 0 Å². The van der Waals surface area contributed by atoms with E-state index < -0.39 is 7.26 Å². The van der Waals surface area contributed by atoms with Gasteiger partial charge in [-0.2, -0.15) is 0 Å². The average Bonchev–Trinajstić information content (AvgIpc) is 2.64. The summed E-state index contributed by atoms with van der Waals surface area (Å²) in [6.07, 6.45) is 6.34. The Balaban J connectivity index is 1.94. The predicted molar refractivity (Wildman–Crippen MR) is 113 cm³/mol. The number of hydrogen-bond acceptors (Lipinski definition) is 0. The molecule has 3 rings (SSSR count). The van der Waals surface area contributed by atoms with Gasteiger partial charge in [0.25, 0.3) is 0 Å². The molecule has 0 saturated heterocycles. The van der Waals surface area contributed by atoms with E-state index in [4.69, 9.17) is 0 Å². The van der Waals surface area contributed by atoms with Gasteiger partial charge >= 0.3 is 0 Å². The van der Waals surface area contributed by atoms with Gasteiger partial charge in [0.1, 0.15) is 0 Å². The normalized spacial score (nSPS) is 11.4. The highest BCUT2D eigenvalue weighted by atomic mass is 31.2. The van der Waals surface area contributed by atoms with Crippen molar-refractivity contribution in [2.24, 2.45) is 0 Å². The lowest BCUT2D eigenvalue weighted by Crippen LogP contribution is -2.09. The van der Waals surface area contributed by atoms with Gasteiger partial charge in [0.15, 0.2) is 0 Å². The average molecular weight is 347 g/mol. The zero-order valence-corrected chi connectivity index (χ0v) is 16.0. The maximum atomic E-state index is 2.34. The SMILES string of the molecule is CCC[P+](Cc1ccccc1)(Cc1ccccc1)Cc1ccccc1. The largest absolute Gasteiger partial charge is 0.0849 e. The fourth-order valence-corrected chi connectivity index (χ4v) is 8.51. The minimum Gasteiger partial charge on any atom is -0.0622 e. The van der Waals surface area contributed by atoms with Crippen molar-refractivity contribution in [1.82, 2.24) is 0 Å². The maximum absolute atomic E-state index is 2.34. The minimum absolute atomic E-state index is 1.16. The Morgan fingerprint density at radius 3 is 1.12 bits per heavy atom. The summed E-state index contributed by atoms with van der Waals surface area (Å²) in [6, 6.07) is 33.3. The van der Waals surface area contributed by atoms with Gasteiger partial charge in [-0.25, -0.2) is 0 Å². The first-order chi connectivity index (χ1) is 12.3. The van der Waals surface area contributed by atoms with Gasteiger partial charge < -0.3 is 0 Å². The smallest absolute Gasteiger partial charge is 0.0622 e. The Morgan fingerprint density at radius 2 is 0.840 bits per heavy atom. The first-order valence-electron chi connectivity index (χ1n) is 9.26. The van der Waals surface area contributed by atoms with Crippen molar-refractivity contribution in [2.45, 2.75) is 31.8 Å². The molecule has 3 aromatic rings. The van der Waals surface area contributed by atoms with E-state index >= 15 is 0 Å². The molecule has 0 unspecified atom stereocenters.